The Morgan fingerprint density at radius 3 is 3.10 bits per heavy atom. The van der Waals surface area contributed by atoms with E-state index in [1.165, 1.54) is 15.3 Å². The fraction of sp³-hybridized carbons (Fsp3) is 0.300. The molecule has 0 fully saturated rings. The van der Waals surface area contributed by atoms with Crippen LogP contribution >= 0.6 is 11.3 Å². The number of aryl methyl sites for hydroxylation is 1. The zero-order valence-electron chi connectivity index (χ0n) is 16.1. The molecule has 0 saturated heterocycles. The van der Waals surface area contributed by atoms with Crippen LogP contribution in [0.1, 0.15) is 16.9 Å². The Morgan fingerprint density at radius 1 is 1.34 bits per heavy atom. The Hall–Kier alpha value is -3.20. The van der Waals surface area contributed by atoms with Crippen LogP contribution in [0.3, 0.4) is 0 Å². The Kier molecular flexibility index (Phi) is 4.31. The van der Waals surface area contributed by atoms with Gasteiger partial charge in [-0.3, -0.25) is 5.10 Å². The largest absolute Gasteiger partial charge is 0.446 e. The summed E-state index contributed by atoms with van der Waals surface area (Å²) in [7, 11) is 3.40. The van der Waals surface area contributed by atoms with E-state index in [-0.39, 0.29) is 12.2 Å². The third kappa shape index (κ3) is 3.27. The minimum absolute atomic E-state index is 0.0988. The molecular formula is C20H20N6O2S. The number of amides is 1. The Balaban J connectivity index is 1.46. The number of anilines is 2. The number of carbonyl (C=O) groups is 1. The van der Waals surface area contributed by atoms with Gasteiger partial charge in [0, 0.05) is 36.5 Å². The van der Waals surface area contributed by atoms with Gasteiger partial charge in [-0.1, -0.05) is 0 Å². The molecule has 2 N–H and O–H groups in total. The van der Waals surface area contributed by atoms with Gasteiger partial charge in [-0.15, -0.1) is 11.3 Å². The number of fused-ring (bicyclic) bond motifs is 4. The van der Waals surface area contributed by atoms with Gasteiger partial charge >= 0.3 is 6.09 Å². The van der Waals surface area contributed by atoms with Crippen LogP contribution in [0.15, 0.2) is 30.7 Å². The standard InChI is InChI=1S/C20H20N6O2S/c1-26(2)20(27)28-13-4-5-14-16(8-13)29-19-17(14)18(21-10-22-19)24-12-3-6-15-11(7-12)9-23-25-15/h3,6-7,9-10,13H,4-5,8H2,1-2H3,(H,23,25)(H,21,22,24). The lowest BCUT2D eigenvalue weighted by molar-refractivity contribution is 0.0685. The highest BCUT2D eigenvalue weighted by Gasteiger charge is 2.27. The SMILES string of the molecule is CN(C)C(=O)OC1CCc2c(sc3ncnc(Nc4ccc5[nH]ncc5c4)c23)C1. The maximum atomic E-state index is 11.9. The number of ether oxygens (including phenoxy) is 1. The first kappa shape index (κ1) is 17.9. The van der Waals surface area contributed by atoms with Crippen molar-refractivity contribution in [2.24, 2.45) is 0 Å². The van der Waals surface area contributed by atoms with Gasteiger partial charge < -0.3 is 15.0 Å². The van der Waals surface area contributed by atoms with E-state index < -0.39 is 0 Å². The van der Waals surface area contributed by atoms with Gasteiger partial charge in [0.05, 0.1) is 17.1 Å². The third-order valence-corrected chi connectivity index (χ3v) is 6.30. The molecule has 1 unspecified atom stereocenters. The van der Waals surface area contributed by atoms with Gasteiger partial charge in [0.15, 0.2) is 0 Å². The summed E-state index contributed by atoms with van der Waals surface area (Å²) in [6.07, 6.45) is 5.35. The molecule has 1 atom stereocenters. The first-order chi connectivity index (χ1) is 14.1. The smallest absolute Gasteiger partial charge is 0.409 e. The molecular weight excluding hydrogens is 388 g/mol. The van der Waals surface area contributed by atoms with Gasteiger partial charge in [-0.25, -0.2) is 14.8 Å². The van der Waals surface area contributed by atoms with Crippen molar-refractivity contribution in [3.05, 3.63) is 41.2 Å². The van der Waals surface area contributed by atoms with E-state index >= 15 is 0 Å². The summed E-state index contributed by atoms with van der Waals surface area (Å²) in [5.41, 5.74) is 3.21. The summed E-state index contributed by atoms with van der Waals surface area (Å²) in [4.78, 5) is 24.5. The summed E-state index contributed by atoms with van der Waals surface area (Å²) >= 11 is 1.66. The molecule has 0 bridgehead atoms. The minimum atomic E-state index is -0.295. The number of carbonyl (C=O) groups excluding carboxylic acids is 1. The van der Waals surface area contributed by atoms with Gasteiger partial charge in [0.25, 0.3) is 0 Å². The molecule has 4 aromatic rings. The van der Waals surface area contributed by atoms with E-state index in [2.05, 4.69) is 25.5 Å². The van der Waals surface area contributed by atoms with Gasteiger partial charge in [-0.2, -0.15) is 5.10 Å². The summed E-state index contributed by atoms with van der Waals surface area (Å²) in [6.45, 7) is 0. The zero-order valence-corrected chi connectivity index (χ0v) is 16.9. The van der Waals surface area contributed by atoms with E-state index in [1.54, 1.807) is 38.0 Å². The molecule has 3 heterocycles. The zero-order chi connectivity index (χ0) is 20.0. The van der Waals surface area contributed by atoms with Crippen molar-refractivity contribution in [3.63, 3.8) is 0 Å². The predicted molar refractivity (Wildman–Crippen MR) is 113 cm³/mol. The lowest BCUT2D eigenvalue weighted by atomic mass is 9.94. The maximum absolute atomic E-state index is 11.9. The molecule has 0 radical (unpaired) electrons. The highest BCUT2D eigenvalue weighted by atomic mass is 32.1. The van der Waals surface area contributed by atoms with Crippen molar-refractivity contribution >= 4 is 50.1 Å². The molecule has 148 valence electrons. The molecule has 1 aliphatic carbocycles. The topological polar surface area (TPSA) is 96.0 Å². The molecule has 1 aliphatic rings. The first-order valence-corrected chi connectivity index (χ1v) is 10.2. The first-order valence-electron chi connectivity index (χ1n) is 9.42. The molecule has 0 aliphatic heterocycles. The van der Waals surface area contributed by atoms with E-state index in [0.29, 0.717) is 0 Å². The molecule has 3 aromatic heterocycles. The van der Waals surface area contributed by atoms with Crippen LogP contribution < -0.4 is 5.32 Å². The second-order valence-corrected chi connectivity index (χ2v) is 8.43. The second-order valence-electron chi connectivity index (χ2n) is 7.35. The Morgan fingerprint density at radius 2 is 2.24 bits per heavy atom. The fourth-order valence-corrected chi connectivity index (χ4v) is 4.93. The number of hydrogen-bond acceptors (Lipinski definition) is 7. The quantitative estimate of drug-likeness (QED) is 0.534. The fourth-order valence-electron chi connectivity index (χ4n) is 3.68. The van der Waals surface area contributed by atoms with Crippen LogP contribution in [0.4, 0.5) is 16.3 Å². The molecule has 1 aromatic carbocycles. The van der Waals surface area contributed by atoms with Gasteiger partial charge in [0.2, 0.25) is 0 Å². The molecule has 29 heavy (non-hydrogen) atoms. The van der Waals surface area contributed by atoms with E-state index in [1.807, 2.05) is 18.2 Å². The number of nitrogens with zero attached hydrogens (tertiary/aromatic N) is 4. The number of hydrogen-bond donors (Lipinski definition) is 2. The lowest BCUT2D eigenvalue weighted by Gasteiger charge is -2.24. The van der Waals surface area contributed by atoms with Crippen LogP contribution in [0.25, 0.3) is 21.1 Å². The van der Waals surface area contributed by atoms with Crippen molar-refractivity contribution in [1.82, 2.24) is 25.1 Å². The molecule has 0 saturated carbocycles. The number of aromatic nitrogens is 4. The van der Waals surface area contributed by atoms with Crippen molar-refractivity contribution in [2.75, 3.05) is 19.4 Å². The number of nitrogens with one attached hydrogen (secondary N) is 2. The predicted octanol–water partition coefficient (Wildman–Crippen LogP) is 3.87. The van der Waals surface area contributed by atoms with Crippen molar-refractivity contribution < 1.29 is 9.53 Å². The molecule has 8 nitrogen and oxygen atoms in total. The lowest BCUT2D eigenvalue weighted by Crippen LogP contribution is -2.31. The van der Waals surface area contributed by atoms with Crippen LogP contribution in [0.2, 0.25) is 0 Å². The molecule has 9 heteroatoms. The number of thiophene rings is 1. The highest BCUT2D eigenvalue weighted by molar-refractivity contribution is 7.19. The Labute approximate surface area is 170 Å². The molecule has 5 rings (SSSR count). The monoisotopic (exact) mass is 408 g/mol. The molecule has 0 spiro atoms. The number of aromatic amines is 1. The minimum Gasteiger partial charge on any atom is -0.446 e. The second kappa shape index (κ2) is 7.00. The average molecular weight is 408 g/mol. The number of benzene rings is 1. The van der Waals surface area contributed by atoms with Crippen LogP contribution in [-0.2, 0) is 17.6 Å². The van der Waals surface area contributed by atoms with Gasteiger partial charge in [-0.05, 0) is 36.6 Å². The van der Waals surface area contributed by atoms with Crippen LogP contribution in [0.5, 0.6) is 0 Å². The summed E-state index contributed by atoms with van der Waals surface area (Å²) in [6, 6.07) is 6.04. The van der Waals surface area contributed by atoms with Crippen LogP contribution in [0, 0.1) is 0 Å². The van der Waals surface area contributed by atoms with Crippen molar-refractivity contribution in [3.8, 4) is 0 Å². The Bertz CT molecular complexity index is 1210. The highest BCUT2D eigenvalue weighted by Crippen LogP contribution is 2.39. The van der Waals surface area contributed by atoms with E-state index in [0.717, 1.165) is 51.9 Å². The van der Waals surface area contributed by atoms with Crippen molar-refractivity contribution in [2.45, 2.75) is 25.4 Å². The van der Waals surface area contributed by atoms with Gasteiger partial charge in [0.1, 0.15) is 23.1 Å². The van der Waals surface area contributed by atoms with Crippen LogP contribution in [-0.4, -0.2) is 51.4 Å². The number of rotatable bonds is 3. The van der Waals surface area contributed by atoms with Crippen molar-refractivity contribution in [1.29, 1.82) is 0 Å². The average Bonchev–Trinajstić information content (AvgIpc) is 3.31. The van der Waals surface area contributed by atoms with E-state index in [4.69, 9.17) is 4.74 Å². The maximum Gasteiger partial charge on any atom is 0.409 e. The number of H-pyrrole nitrogens is 1. The summed E-state index contributed by atoms with van der Waals surface area (Å²) in [5, 5.41) is 12.6. The van der Waals surface area contributed by atoms with E-state index in [9.17, 15) is 4.79 Å². The normalized spacial score (nSPS) is 16.0. The summed E-state index contributed by atoms with van der Waals surface area (Å²) in [5.74, 6) is 0.805. The molecule has 1 amide bonds. The third-order valence-electron chi connectivity index (χ3n) is 5.14. The summed E-state index contributed by atoms with van der Waals surface area (Å²) < 4.78 is 5.60.